The Morgan fingerprint density at radius 3 is 2.79 bits per heavy atom. The van der Waals surface area contributed by atoms with Crippen LogP contribution in [-0.2, 0) is 6.54 Å². The van der Waals surface area contributed by atoms with E-state index in [0.717, 1.165) is 17.2 Å². The Hall–Kier alpha value is -2.37. The van der Waals surface area contributed by atoms with Crippen molar-refractivity contribution in [2.45, 2.75) is 6.54 Å². The lowest BCUT2D eigenvalue weighted by Crippen LogP contribution is -2.25. The lowest BCUT2D eigenvalue weighted by atomic mass is 10.3. The van der Waals surface area contributed by atoms with E-state index in [0.29, 0.717) is 6.54 Å². The number of anilines is 2. The first-order valence-corrected chi connectivity index (χ1v) is 5.98. The van der Waals surface area contributed by atoms with Crippen LogP contribution < -0.4 is 15.8 Å². The van der Waals surface area contributed by atoms with E-state index < -0.39 is 0 Å². The van der Waals surface area contributed by atoms with Crippen molar-refractivity contribution in [3.63, 3.8) is 0 Å². The Bertz CT molecular complexity index is 620. The second kappa shape index (κ2) is 5.51. The highest BCUT2D eigenvalue weighted by molar-refractivity contribution is 5.40. The van der Waals surface area contributed by atoms with E-state index in [-0.39, 0.29) is 5.56 Å². The summed E-state index contributed by atoms with van der Waals surface area (Å²) in [4.78, 5) is 18.1. The van der Waals surface area contributed by atoms with Crippen LogP contribution in [-0.4, -0.2) is 35.9 Å². The molecule has 0 bridgehead atoms. The van der Waals surface area contributed by atoms with Gasteiger partial charge in [-0.1, -0.05) is 6.07 Å². The maximum Gasteiger partial charge on any atom is 0.269 e. The molecule has 0 spiro atoms. The Morgan fingerprint density at radius 2 is 2.16 bits per heavy atom. The molecule has 6 nitrogen and oxygen atoms in total. The summed E-state index contributed by atoms with van der Waals surface area (Å²) >= 11 is 0. The smallest absolute Gasteiger partial charge is 0.269 e. The normalized spacial score (nSPS) is 10.3. The molecule has 0 amide bonds. The van der Waals surface area contributed by atoms with Gasteiger partial charge in [0.25, 0.3) is 5.56 Å². The minimum absolute atomic E-state index is 0.136. The van der Waals surface area contributed by atoms with E-state index in [2.05, 4.69) is 15.4 Å². The Balaban J connectivity index is 2.26. The average molecular weight is 259 g/mol. The molecule has 19 heavy (non-hydrogen) atoms. The highest BCUT2D eigenvalue weighted by Gasteiger charge is 2.04. The Labute approximate surface area is 111 Å². The summed E-state index contributed by atoms with van der Waals surface area (Å²) in [5.74, 6) is 0.774. The molecule has 0 aliphatic heterocycles. The Morgan fingerprint density at radius 1 is 1.37 bits per heavy atom. The van der Waals surface area contributed by atoms with Gasteiger partial charge in [0, 0.05) is 27.2 Å². The standard InChI is InChI=1S/C13H17N5O/c1-14-12-6-4-5-10(16-12)9-18-13(19)7-11(8-15-18)17(2)3/h4-8H,9H2,1-3H3,(H,14,16). The molecule has 6 heteroatoms. The minimum Gasteiger partial charge on any atom is -0.376 e. The van der Waals surface area contributed by atoms with E-state index in [1.54, 1.807) is 12.3 Å². The van der Waals surface area contributed by atoms with Crippen molar-refractivity contribution in [2.24, 2.45) is 0 Å². The van der Waals surface area contributed by atoms with Crippen molar-refractivity contribution < 1.29 is 0 Å². The van der Waals surface area contributed by atoms with Crippen LogP contribution in [0.4, 0.5) is 11.5 Å². The van der Waals surface area contributed by atoms with Crippen molar-refractivity contribution in [3.05, 3.63) is 46.5 Å². The first-order valence-electron chi connectivity index (χ1n) is 5.98. The summed E-state index contributed by atoms with van der Waals surface area (Å²) in [6, 6.07) is 7.20. The first kappa shape index (κ1) is 13.1. The number of aromatic nitrogens is 3. The van der Waals surface area contributed by atoms with Gasteiger partial charge in [0.2, 0.25) is 0 Å². The second-order valence-corrected chi connectivity index (χ2v) is 4.37. The van der Waals surface area contributed by atoms with Crippen LogP contribution in [0.3, 0.4) is 0 Å². The molecule has 0 radical (unpaired) electrons. The van der Waals surface area contributed by atoms with Crippen molar-refractivity contribution in [1.82, 2.24) is 14.8 Å². The van der Waals surface area contributed by atoms with Gasteiger partial charge < -0.3 is 10.2 Å². The summed E-state index contributed by atoms with van der Waals surface area (Å²) in [5.41, 5.74) is 1.44. The lowest BCUT2D eigenvalue weighted by molar-refractivity contribution is 0.628. The van der Waals surface area contributed by atoms with Gasteiger partial charge in [-0.3, -0.25) is 4.79 Å². The molecule has 0 aromatic carbocycles. The van der Waals surface area contributed by atoms with Crippen molar-refractivity contribution in [2.75, 3.05) is 31.4 Å². The van der Waals surface area contributed by atoms with Gasteiger partial charge in [0.05, 0.1) is 24.1 Å². The van der Waals surface area contributed by atoms with E-state index in [4.69, 9.17) is 0 Å². The van der Waals surface area contributed by atoms with Gasteiger partial charge in [-0.05, 0) is 12.1 Å². The van der Waals surface area contributed by atoms with Gasteiger partial charge in [-0.15, -0.1) is 0 Å². The molecule has 0 unspecified atom stereocenters. The number of hydrogen-bond acceptors (Lipinski definition) is 5. The van der Waals surface area contributed by atoms with Gasteiger partial charge in [-0.25, -0.2) is 9.67 Å². The first-order chi connectivity index (χ1) is 9.10. The third-order valence-corrected chi connectivity index (χ3v) is 2.75. The maximum atomic E-state index is 11.9. The van der Waals surface area contributed by atoms with Crippen LogP contribution in [0.1, 0.15) is 5.69 Å². The highest BCUT2D eigenvalue weighted by atomic mass is 16.1. The number of hydrogen-bond donors (Lipinski definition) is 1. The summed E-state index contributed by atoms with van der Waals surface area (Å²) in [5, 5.41) is 7.12. The van der Waals surface area contributed by atoms with Crippen molar-refractivity contribution in [1.29, 1.82) is 0 Å². The summed E-state index contributed by atoms with van der Waals surface area (Å²) < 4.78 is 1.40. The highest BCUT2D eigenvalue weighted by Crippen LogP contribution is 2.06. The zero-order valence-corrected chi connectivity index (χ0v) is 11.3. The predicted molar refractivity (Wildman–Crippen MR) is 75.7 cm³/mol. The molecule has 0 aliphatic rings. The van der Waals surface area contributed by atoms with Crippen molar-refractivity contribution >= 4 is 11.5 Å². The van der Waals surface area contributed by atoms with Crippen molar-refractivity contribution in [3.8, 4) is 0 Å². The largest absolute Gasteiger partial charge is 0.376 e. The minimum atomic E-state index is -0.136. The van der Waals surface area contributed by atoms with Crippen LogP contribution in [0.2, 0.25) is 0 Å². The van der Waals surface area contributed by atoms with Gasteiger partial charge in [0.1, 0.15) is 5.82 Å². The molecular formula is C13H17N5O. The van der Waals surface area contributed by atoms with E-state index >= 15 is 0 Å². The molecule has 1 N–H and O–H groups in total. The molecule has 0 fully saturated rings. The van der Waals surface area contributed by atoms with Gasteiger partial charge in [-0.2, -0.15) is 5.10 Å². The third kappa shape index (κ3) is 3.09. The number of rotatable bonds is 4. The number of nitrogens with one attached hydrogen (secondary N) is 1. The molecule has 2 rings (SSSR count). The van der Waals surface area contributed by atoms with Gasteiger partial charge >= 0.3 is 0 Å². The zero-order valence-electron chi connectivity index (χ0n) is 11.3. The Kier molecular flexibility index (Phi) is 3.79. The lowest BCUT2D eigenvalue weighted by Gasteiger charge is -2.12. The summed E-state index contributed by atoms with van der Waals surface area (Å²) in [7, 11) is 5.56. The fourth-order valence-electron chi connectivity index (χ4n) is 1.65. The van der Waals surface area contributed by atoms with Gasteiger partial charge in [0.15, 0.2) is 0 Å². The monoisotopic (exact) mass is 259 g/mol. The third-order valence-electron chi connectivity index (χ3n) is 2.75. The molecule has 0 aliphatic carbocycles. The summed E-state index contributed by atoms with van der Waals surface area (Å²) in [6.07, 6.45) is 1.67. The fourth-order valence-corrected chi connectivity index (χ4v) is 1.65. The molecule has 2 heterocycles. The number of nitrogens with zero attached hydrogens (tertiary/aromatic N) is 4. The quantitative estimate of drug-likeness (QED) is 0.879. The van der Waals surface area contributed by atoms with Crippen LogP contribution in [0, 0.1) is 0 Å². The second-order valence-electron chi connectivity index (χ2n) is 4.37. The van der Waals surface area contributed by atoms with Crippen LogP contribution in [0.25, 0.3) is 0 Å². The van der Waals surface area contributed by atoms with Crippen LogP contribution in [0.15, 0.2) is 35.3 Å². The topological polar surface area (TPSA) is 63.1 Å². The predicted octanol–water partition coefficient (Wildman–Crippen LogP) is 0.794. The molecule has 0 atom stereocenters. The molecule has 2 aromatic heterocycles. The molecule has 0 saturated carbocycles. The molecular weight excluding hydrogens is 242 g/mol. The van der Waals surface area contributed by atoms with Crippen LogP contribution >= 0.6 is 0 Å². The van der Waals surface area contributed by atoms with E-state index in [9.17, 15) is 4.79 Å². The molecule has 0 saturated heterocycles. The molecule has 100 valence electrons. The van der Waals surface area contributed by atoms with E-state index in [1.165, 1.54) is 4.68 Å². The molecule has 2 aromatic rings. The number of pyridine rings is 1. The summed E-state index contributed by atoms with van der Waals surface area (Å²) in [6.45, 7) is 0.363. The zero-order chi connectivity index (χ0) is 13.8. The average Bonchev–Trinajstić information content (AvgIpc) is 2.41. The maximum absolute atomic E-state index is 11.9. The van der Waals surface area contributed by atoms with Crippen LogP contribution in [0.5, 0.6) is 0 Å². The fraction of sp³-hybridized carbons (Fsp3) is 0.308. The SMILES string of the molecule is CNc1cccc(Cn2ncc(N(C)C)cc2=O)n1. The van der Waals surface area contributed by atoms with E-state index in [1.807, 2.05) is 44.2 Å².